The highest BCUT2D eigenvalue weighted by atomic mass is 16.4. The van der Waals surface area contributed by atoms with Crippen molar-refractivity contribution in [3.05, 3.63) is 29.7 Å². The lowest BCUT2D eigenvalue weighted by molar-refractivity contribution is -0.143. The third-order valence-corrected chi connectivity index (χ3v) is 2.37. The Hall–Kier alpha value is -2.04. The lowest BCUT2D eigenvalue weighted by Gasteiger charge is -2.20. The van der Waals surface area contributed by atoms with Gasteiger partial charge in [-0.15, -0.1) is 0 Å². The minimum absolute atomic E-state index is 0.211. The maximum Gasteiger partial charge on any atom is 0.323 e. The van der Waals surface area contributed by atoms with Gasteiger partial charge in [0, 0.05) is 12.6 Å². The summed E-state index contributed by atoms with van der Waals surface area (Å²) in [7, 11) is 0. The third-order valence-electron chi connectivity index (χ3n) is 2.37. The Morgan fingerprint density at radius 1 is 1.42 bits per heavy atom. The molecule has 0 aliphatic carbocycles. The molecule has 1 aromatic heterocycles. The first-order valence-electron chi connectivity index (χ1n) is 6.13. The zero-order chi connectivity index (χ0) is 14.4. The van der Waals surface area contributed by atoms with Gasteiger partial charge in [0.1, 0.15) is 18.1 Å². The number of carboxylic acids is 1. The molecule has 1 heterocycles. The van der Waals surface area contributed by atoms with Crippen LogP contribution in [0.3, 0.4) is 0 Å². The Morgan fingerprint density at radius 2 is 2.11 bits per heavy atom. The number of hydrogen-bond acceptors (Lipinski definition) is 3. The predicted octanol–water partition coefficient (Wildman–Crippen LogP) is 2.17. The molecule has 0 fully saturated rings. The van der Waals surface area contributed by atoms with E-state index in [2.05, 4.69) is 0 Å². The van der Waals surface area contributed by atoms with Gasteiger partial charge in [0.2, 0.25) is 5.91 Å². The van der Waals surface area contributed by atoms with Crippen molar-refractivity contribution in [2.75, 3.05) is 13.1 Å². The summed E-state index contributed by atoms with van der Waals surface area (Å²) < 4.78 is 5.30. The molecule has 0 bridgehead atoms. The molecule has 5 heteroatoms. The Morgan fingerprint density at radius 3 is 2.58 bits per heavy atom. The maximum atomic E-state index is 11.9. The monoisotopic (exact) mass is 265 g/mol. The number of aliphatic carboxylic acids is 1. The molecule has 0 radical (unpaired) electrons. The van der Waals surface area contributed by atoms with Crippen LogP contribution < -0.4 is 0 Å². The number of amides is 1. The highest BCUT2D eigenvalue weighted by molar-refractivity contribution is 5.93. The van der Waals surface area contributed by atoms with E-state index in [4.69, 9.17) is 9.52 Å². The molecule has 1 rings (SSSR count). The molecule has 19 heavy (non-hydrogen) atoms. The number of carbonyl (C=O) groups excluding carboxylic acids is 1. The van der Waals surface area contributed by atoms with Crippen molar-refractivity contribution in [1.29, 1.82) is 0 Å². The van der Waals surface area contributed by atoms with Gasteiger partial charge in [-0.3, -0.25) is 9.59 Å². The zero-order valence-electron chi connectivity index (χ0n) is 11.4. The van der Waals surface area contributed by atoms with Crippen molar-refractivity contribution >= 4 is 18.0 Å². The smallest absolute Gasteiger partial charge is 0.323 e. The number of aryl methyl sites for hydroxylation is 1. The molecule has 1 amide bonds. The average molecular weight is 265 g/mol. The van der Waals surface area contributed by atoms with Crippen LogP contribution in [0.2, 0.25) is 0 Å². The maximum absolute atomic E-state index is 11.9. The fraction of sp³-hybridized carbons (Fsp3) is 0.429. The summed E-state index contributed by atoms with van der Waals surface area (Å²) in [6.45, 7) is 5.79. The van der Waals surface area contributed by atoms with Crippen LogP contribution in [0.4, 0.5) is 0 Å². The molecule has 104 valence electrons. The van der Waals surface area contributed by atoms with E-state index in [9.17, 15) is 9.59 Å². The van der Waals surface area contributed by atoms with Crippen LogP contribution >= 0.6 is 0 Å². The van der Waals surface area contributed by atoms with Gasteiger partial charge in [0.15, 0.2) is 0 Å². The Balaban J connectivity index is 2.70. The van der Waals surface area contributed by atoms with Crippen LogP contribution in [-0.4, -0.2) is 35.0 Å². The Labute approximate surface area is 112 Å². The fourth-order valence-electron chi connectivity index (χ4n) is 1.64. The van der Waals surface area contributed by atoms with Crippen LogP contribution in [0.15, 0.2) is 22.6 Å². The summed E-state index contributed by atoms with van der Waals surface area (Å²) in [5.74, 6) is 0.200. The summed E-state index contributed by atoms with van der Waals surface area (Å²) in [4.78, 5) is 24.0. The van der Waals surface area contributed by atoms with E-state index in [1.165, 1.54) is 11.0 Å². The lowest BCUT2D eigenvalue weighted by atomic mass is 10.2. The minimum atomic E-state index is -1.02. The Bertz CT molecular complexity index is 474. The number of carbonyl (C=O) groups is 2. The molecule has 0 unspecified atom stereocenters. The number of hydrogen-bond donors (Lipinski definition) is 1. The van der Waals surface area contributed by atoms with Crippen LogP contribution in [-0.2, 0) is 9.59 Å². The number of rotatable bonds is 6. The van der Waals surface area contributed by atoms with E-state index in [-0.39, 0.29) is 18.4 Å². The molecule has 0 aliphatic rings. The van der Waals surface area contributed by atoms with Crippen LogP contribution in [0.25, 0.3) is 6.08 Å². The van der Waals surface area contributed by atoms with Crippen LogP contribution in [0.1, 0.15) is 25.4 Å². The standard InChI is InChI=1S/C14H19NO4/c1-10(2)8-15(9-14(17)18)13(16)7-6-12-5-4-11(3)19-12/h4-7,10H,8-9H2,1-3H3,(H,17,18)/b7-6-. The van der Waals surface area contributed by atoms with E-state index in [1.807, 2.05) is 20.8 Å². The zero-order valence-corrected chi connectivity index (χ0v) is 11.4. The van der Waals surface area contributed by atoms with Crippen LogP contribution in [0, 0.1) is 12.8 Å². The molecule has 0 aromatic carbocycles. The molecule has 1 aromatic rings. The first kappa shape index (κ1) is 15.0. The molecule has 1 N–H and O–H groups in total. The first-order valence-corrected chi connectivity index (χ1v) is 6.13. The van der Waals surface area contributed by atoms with Crippen molar-refractivity contribution in [2.45, 2.75) is 20.8 Å². The summed E-state index contributed by atoms with van der Waals surface area (Å²) in [6.07, 6.45) is 2.88. The van der Waals surface area contributed by atoms with Crippen molar-refractivity contribution in [3.8, 4) is 0 Å². The highest BCUT2D eigenvalue weighted by Gasteiger charge is 2.15. The van der Waals surface area contributed by atoms with Gasteiger partial charge in [-0.05, 0) is 31.1 Å². The van der Waals surface area contributed by atoms with Gasteiger partial charge in [0.05, 0.1) is 0 Å². The average Bonchev–Trinajstić information content (AvgIpc) is 2.70. The van der Waals surface area contributed by atoms with Gasteiger partial charge in [-0.1, -0.05) is 13.8 Å². The highest BCUT2D eigenvalue weighted by Crippen LogP contribution is 2.08. The quantitative estimate of drug-likeness (QED) is 0.800. The van der Waals surface area contributed by atoms with Crippen LogP contribution in [0.5, 0.6) is 0 Å². The normalized spacial score (nSPS) is 11.2. The van der Waals surface area contributed by atoms with Gasteiger partial charge in [-0.2, -0.15) is 0 Å². The topological polar surface area (TPSA) is 70.8 Å². The SMILES string of the molecule is Cc1ccc(/C=C\C(=O)N(CC(=O)O)CC(C)C)o1. The molecule has 0 spiro atoms. The fourth-order valence-corrected chi connectivity index (χ4v) is 1.64. The number of furan rings is 1. The molecule has 0 saturated heterocycles. The minimum Gasteiger partial charge on any atom is -0.480 e. The molecular weight excluding hydrogens is 246 g/mol. The second kappa shape index (κ2) is 6.78. The van der Waals surface area contributed by atoms with Gasteiger partial charge < -0.3 is 14.4 Å². The molecular formula is C14H19NO4. The van der Waals surface area contributed by atoms with Crippen molar-refractivity contribution < 1.29 is 19.1 Å². The van der Waals surface area contributed by atoms with E-state index < -0.39 is 5.97 Å². The second-order valence-corrected chi connectivity index (χ2v) is 4.79. The second-order valence-electron chi connectivity index (χ2n) is 4.79. The summed E-state index contributed by atoms with van der Waals surface area (Å²) in [6, 6.07) is 3.55. The lowest BCUT2D eigenvalue weighted by Crippen LogP contribution is -2.37. The molecule has 0 saturated carbocycles. The first-order chi connectivity index (χ1) is 8.88. The molecule has 0 atom stereocenters. The number of nitrogens with zero attached hydrogens (tertiary/aromatic N) is 1. The van der Waals surface area contributed by atoms with E-state index in [1.54, 1.807) is 18.2 Å². The van der Waals surface area contributed by atoms with E-state index >= 15 is 0 Å². The molecule has 0 aliphatic heterocycles. The van der Waals surface area contributed by atoms with Crippen molar-refractivity contribution in [2.24, 2.45) is 5.92 Å². The predicted molar refractivity (Wildman–Crippen MR) is 71.5 cm³/mol. The van der Waals surface area contributed by atoms with Crippen molar-refractivity contribution in [3.63, 3.8) is 0 Å². The van der Waals surface area contributed by atoms with Gasteiger partial charge in [0.25, 0.3) is 0 Å². The van der Waals surface area contributed by atoms with Crippen molar-refractivity contribution in [1.82, 2.24) is 4.90 Å². The third kappa shape index (κ3) is 5.42. The Kier molecular flexibility index (Phi) is 5.36. The summed E-state index contributed by atoms with van der Waals surface area (Å²) in [5.41, 5.74) is 0. The molecule has 5 nitrogen and oxygen atoms in total. The van der Waals surface area contributed by atoms with E-state index in [0.29, 0.717) is 12.3 Å². The summed E-state index contributed by atoms with van der Waals surface area (Å²) >= 11 is 0. The van der Waals surface area contributed by atoms with Gasteiger partial charge >= 0.3 is 5.97 Å². The van der Waals surface area contributed by atoms with Gasteiger partial charge in [-0.25, -0.2) is 0 Å². The van der Waals surface area contributed by atoms with E-state index in [0.717, 1.165) is 5.76 Å². The summed E-state index contributed by atoms with van der Waals surface area (Å²) in [5, 5.41) is 8.80. The number of carboxylic acid groups (broad SMARTS) is 1. The largest absolute Gasteiger partial charge is 0.480 e.